The number of ether oxygens (including phenoxy) is 1. The highest BCUT2D eigenvalue weighted by Crippen LogP contribution is 2.34. The van der Waals surface area contributed by atoms with Gasteiger partial charge >= 0.3 is 5.69 Å². The Morgan fingerprint density at radius 1 is 1.53 bits per heavy atom. The SMILES string of the molecule is CCOc1cccc(NCc2cscn2)c1[N+](=O)[O-]. The van der Waals surface area contributed by atoms with E-state index in [0.717, 1.165) is 5.69 Å². The molecule has 100 valence electrons. The molecule has 1 heterocycles. The Morgan fingerprint density at radius 3 is 3.00 bits per heavy atom. The standard InChI is InChI=1S/C12H13N3O3S/c1-2-18-11-5-3-4-10(12(11)15(16)17)13-6-9-7-19-8-14-9/h3-5,7-8,13H,2,6H2,1H3. The quantitative estimate of drug-likeness (QED) is 0.649. The maximum absolute atomic E-state index is 11.2. The number of hydrogen-bond acceptors (Lipinski definition) is 6. The third-order valence-electron chi connectivity index (χ3n) is 2.42. The van der Waals surface area contributed by atoms with Gasteiger partial charge in [0.2, 0.25) is 0 Å². The van der Waals surface area contributed by atoms with Gasteiger partial charge in [0, 0.05) is 5.38 Å². The summed E-state index contributed by atoms with van der Waals surface area (Å²) in [7, 11) is 0. The second-order valence-corrected chi connectivity index (χ2v) is 4.39. The monoisotopic (exact) mass is 279 g/mol. The lowest BCUT2D eigenvalue weighted by Gasteiger charge is -2.09. The van der Waals surface area contributed by atoms with Gasteiger partial charge in [-0.1, -0.05) is 6.07 Å². The zero-order valence-corrected chi connectivity index (χ0v) is 11.1. The van der Waals surface area contributed by atoms with Crippen LogP contribution in [0.15, 0.2) is 29.1 Å². The highest BCUT2D eigenvalue weighted by Gasteiger charge is 2.20. The number of anilines is 1. The molecule has 0 aliphatic carbocycles. The fourth-order valence-corrected chi connectivity index (χ4v) is 2.19. The van der Waals surface area contributed by atoms with Crippen molar-refractivity contribution in [2.24, 2.45) is 0 Å². The van der Waals surface area contributed by atoms with Gasteiger partial charge in [-0.15, -0.1) is 11.3 Å². The molecule has 2 aromatic rings. The van der Waals surface area contributed by atoms with E-state index in [9.17, 15) is 10.1 Å². The molecule has 0 saturated heterocycles. The second-order valence-electron chi connectivity index (χ2n) is 3.68. The minimum absolute atomic E-state index is 0.0421. The third kappa shape index (κ3) is 3.19. The van der Waals surface area contributed by atoms with Gasteiger partial charge < -0.3 is 10.1 Å². The van der Waals surface area contributed by atoms with E-state index in [2.05, 4.69) is 10.3 Å². The highest BCUT2D eigenvalue weighted by molar-refractivity contribution is 7.07. The van der Waals surface area contributed by atoms with Gasteiger partial charge in [0.1, 0.15) is 5.69 Å². The maximum Gasteiger partial charge on any atom is 0.333 e. The van der Waals surface area contributed by atoms with Crippen LogP contribution in [0.3, 0.4) is 0 Å². The number of nitro benzene ring substituents is 1. The fraction of sp³-hybridized carbons (Fsp3) is 0.250. The summed E-state index contributed by atoms with van der Waals surface area (Å²) in [6.45, 7) is 2.62. The number of nitro groups is 1. The molecule has 0 amide bonds. The highest BCUT2D eigenvalue weighted by atomic mass is 32.1. The van der Waals surface area contributed by atoms with Gasteiger partial charge in [0.25, 0.3) is 0 Å². The number of hydrogen-bond donors (Lipinski definition) is 1. The summed E-state index contributed by atoms with van der Waals surface area (Å²) < 4.78 is 5.28. The Kier molecular flexibility index (Phi) is 4.30. The van der Waals surface area contributed by atoms with Crippen LogP contribution >= 0.6 is 11.3 Å². The van der Waals surface area contributed by atoms with Crippen molar-refractivity contribution in [1.82, 2.24) is 4.98 Å². The number of aromatic nitrogens is 1. The van der Waals surface area contributed by atoms with Crippen molar-refractivity contribution < 1.29 is 9.66 Å². The molecule has 0 fully saturated rings. The van der Waals surface area contributed by atoms with Crippen molar-refractivity contribution in [2.45, 2.75) is 13.5 Å². The number of benzene rings is 1. The average molecular weight is 279 g/mol. The molecule has 0 spiro atoms. The lowest BCUT2D eigenvalue weighted by molar-refractivity contribution is -0.384. The molecule has 1 aromatic carbocycles. The summed E-state index contributed by atoms with van der Waals surface area (Å²) in [6.07, 6.45) is 0. The summed E-state index contributed by atoms with van der Waals surface area (Å²) >= 11 is 1.49. The van der Waals surface area contributed by atoms with E-state index in [1.165, 1.54) is 11.3 Å². The first kappa shape index (κ1) is 13.3. The predicted octanol–water partition coefficient (Wildman–Crippen LogP) is 3.06. The molecule has 6 nitrogen and oxygen atoms in total. The normalized spacial score (nSPS) is 10.2. The van der Waals surface area contributed by atoms with Crippen LogP contribution in [0, 0.1) is 10.1 Å². The van der Waals surface area contributed by atoms with Crippen LogP contribution in [0.25, 0.3) is 0 Å². The largest absolute Gasteiger partial charge is 0.487 e. The Hall–Kier alpha value is -2.15. The molecule has 7 heteroatoms. The minimum atomic E-state index is -0.436. The molecule has 19 heavy (non-hydrogen) atoms. The molecule has 2 rings (SSSR count). The van der Waals surface area contributed by atoms with Gasteiger partial charge in [-0.25, -0.2) is 4.98 Å². The fourth-order valence-electron chi connectivity index (χ4n) is 1.64. The van der Waals surface area contributed by atoms with Gasteiger partial charge in [-0.05, 0) is 19.1 Å². The van der Waals surface area contributed by atoms with Crippen LogP contribution in [0.1, 0.15) is 12.6 Å². The summed E-state index contributed by atoms with van der Waals surface area (Å²) in [4.78, 5) is 14.8. The Balaban J connectivity index is 2.23. The Bertz CT molecular complexity index is 557. The maximum atomic E-state index is 11.2. The van der Waals surface area contributed by atoms with E-state index in [1.807, 2.05) is 5.38 Å². The Morgan fingerprint density at radius 2 is 2.37 bits per heavy atom. The first-order chi connectivity index (χ1) is 9.22. The number of nitrogens with zero attached hydrogens (tertiary/aromatic N) is 2. The Labute approximate surface area is 114 Å². The zero-order valence-electron chi connectivity index (χ0n) is 10.3. The van der Waals surface area contributed by atoms with Crippen LogP contribution in [0.4, 0.5) is 11.4 Å². The van der Waals surface area contributed by atoms with Crippen LogP contribution < -0.4 is 10.1 Å². The van der Waals surface area contributed by atoms with Crippen molar-refractivity contribution in [3.63, 3.8) is 0 Å². The lowest BCUT2D eigenvalue weighted by Crippen LogP contribution is -2.05. The number of rotatable bonds is 6. The summed E-state index contributed by atoms with van der Waals surface area (Å²) in [6, 6.07) is 4.98. The van der Waals surface area contributed by atoms with Crippen molar-refractivity contribution in [2.75, 3.05) is 11.9 Å². The van der Waals surface area contributed by atoms with Crippen molar-refractivity contribution in [3.05, 3.63) is 44.9 Å². The summed E-state index contributed by atoms with van der Waals surface area (Å²) in [5.74, 6) is 0.274. The van der Waals surface area contributed by atoms with Gasteiger partial charge in [-0.3, -0.25) is 10.1 Å². The number of nitrogens with one attached hydrogen (secondary N) is 1. The average Bonchev–Trinajstić information content (AvgIpc) is 2.89. The molecule has 0 aliphatic heterocycles. The molecular weight excluding hydrogens is 266 g/mol. The number of thiazole rings is 1. The summed E-state index contributed by atoms with van der Waals surface area (Å²) in [5.41, 5.74) is 2.96. The molecule has 0 unspecified atom stereocenters. The molecule has 0 bridgehead atoms. The van der Waals surface area contributed by atoms with E-state index in [0.29, 0.717) is 18.8 Å². The summed E-state index contributed by atoms with van der Waals surface area (Å²) in [5, 5.41) is 16.1. The second kappa shape index (κ2) is 6.14. The lowest BCUT2D eigenvalue weighted by atomic mass is 10.2. The van der Waals surface area contributed by atoms with Crippen LogP contribution in [-0.2, 0) is 6.54 Å². The van der Waals surface area contributed by atoms with Crippen LogP contribution in [0.5, 0.6) is 5.75 Å². The third-order valence-corrected chi connectivity index (χ3v) is 3.06. The van der Waals surface area contributed by atoms with Gasteiger partial charge in [0.15, 0.2) is 5.75 Å². The molecule has 0 aliphatic rings. The topological polar surface area (TPSA) is 77.3 Å². The molecular formula is C12H13N3O3S. The van der Waals surface area contributed by atoms with Crippen molar-refractivity contribution >= 4 is 22.7 Å². The molecule has 0 radical (unpaired) electrons. The van der Waals surface area contributed by atoms with E-state index in [1.54, 1.807) is 30.6 Å². The predicted molar refractivity (Wildman–Crippen MR) is 73.7 cm³/mol. The van der Waals surface area contributed by atoms with E-state index in [-0.39, 0.29) is 11.4 Å². The molecule has 1 aromatic heterocycles. The van der Waals surface area contributed by atoms with E-state index in [4.69, 9.17) is 4.74 Å². The smallest absolute Gasteiger partial charge is 0.333 e. The minimum Gasteiger partial charge on any atom is -0.487 e. The molecule has 0 saturated carbocycles. The number of para-hydroxylation sites is 1. The van der Waals surface area contributed by atoms with Gasteiger partial charge in [0.05, 0.1) is 29.3 Å². The van der Waals surface area contributed by atoms with E-state index >= 15 is 0 Å². The first-order valence-corrected chi connectivity index (χ1v) is 6.67. The first-order valence-electron chi connectivity index (χ1n) is 5.73. The van der Waals surface area contributed by atoms with E-state index < -0.39 is 4.92 Å². The van der Waals surface area contributed by atoms with Crippen LogP contribution in [-0.4, -0.2) is 16.5 Å². The van der Waals surface area contributed by atoms with Gasteiger partial charge in [-0.2, -0.15) is 0 Å². The van der Waals surface area contributed by atoms with Crippen molar-refractivity contribution in [1.29, 1.82) is 0 Å². The zero-order chi connectivity index (χ0) is 13.7. The molecule has 1 N–H and O–H groups in total. The van der Waals surface area contributed by atoms with Crippen molar-refractivity contribution in [3.8, 4) is 5.75 Å². The van der Waals surface area contributed by atoms with Crippen LogP contribution in [0.2, 0.25) is 0 Å². The molecule has 0 atom stereocenters.